The molecule has 7 nitrogen and oxygen atoms in total. The summed E-state index contributed by atoms with van der Waals surface area (Å²) >= 11 is 6.70. The van der Waals surface area contributed by atoms with Crippen LogP contribution in [0.15, 0.2) is 68.6 Å². The molecule has 0 saturated carbocycles. The second-order valence-electron chi connectivity index (χ2n) is 6.47. The molecule has 3 aromatic carbocycles. The standard InChI is InChI=1S/C22H13Br2FN2O5/c23-15-6-14(10-26-27-21(28)12-4-5-18-19(8-12)31-11-30-18)20(17(24)9-15)32-22(29)13-2-1-3-16(25)7-13/h1-10H,11H2,(H,27,28). The first kappa shape index (κ1) is 22.0. The van der Waals surface area contributed by atoms with Crippen molar-refractivity contribution in [2.24, 2.45) is 5.10 Å². The largest absolute Gasteiger partial charge is 0.454 e. The van der Waals surface area contributed by atoms with Crippen LogP contribution in [-0.2, 0) is 0 Å². The van der Waals surface area contributed by atoms with E-state index in [1.807, 2.05) is 0 Å². The number of hydrogen-bond acceptors (Lipinski definition) is 6. The molecule has 0 bridgehead atoms. The number of carbonyl (C=O) groups excluding carboxylic acids is 2. The van der Waals surface area contributed by atoms with Crippen molar-refractivity contribution in [1.29, 1.82) is 0 Å². The van der Waals surface area contributed by atoms with E-state index in [1.54, 1.807) is 30.3 Å². The Morgan fingerprint density at radius 2 is 1.84 bits per heavy atom. The fraction of sp³-hybridized carbons (Fsp3) is 0.0455. The van der Waals surface area contributed by atoms with Crippen molar-refractivity contribution in [2.75, 3.05) is 6.79 Å². The smallest absolute Gasteiger partial charge is 0.343 e. The maximum absolute atomic E-state index is 13.4. The maximum Gasteiger partial charge on any atom is 0.343 e. The Bertz CT molecular complexity index is 1250. The summed E-state index contributed by atoms with van der Waals surface area (Å²) in [5, 5.41) is 3.96. The zero-order chi connectivity index (χ0) is 22.7. The fourth-order valence-corrected chi connectivity index (χ4v) is 4.15. The van der Waals surface area contributed by atoms with Gasteiger partial charge in [-0.05, 0) is 64.5 Å². The molecular formula is C22H13Br2FN2O5. The van der Waals surface area contributed by atoms with Crippen molar-refractivity contribution >= 4 is 50.0 Å². The molecule has 1 heterocycles. The van der Waals surface area contributed by atoms with E-state index in [9.17, 15) is 14.0 Å². The monoisotopic (exact) mass is 562 g/mol. The summed E-state index contributed by atoms with van der Waals surface area (Å²) in [6.45, 7) is 0.105. The molecule has 0 fully saturated rings. The van der Waals surface area contributed by atoms with Crippen molar-refractivity contribution in [3.05, 3.63) is 86.1 Å². The van der Waals surface area contributed by atoms with Crippen LogP contribution < -0.4 is 19.6 Å². The SMILES string of the molecule is O=C(NN=Cc1cc(Br)cc(Br)c1OC(=O)c1cccc(F)c1)c1ccc2c(c1)OCO2. The fourth-order valence-electron chi connectivity index (χ4n) is 2.81. The number of nitrogens with one attached hydrogen (secondary N) is 1. The summed E-state index contributed by atoms with van der Waals surface area (Å²) in [6.07, 6.45) is 1.33. The van der Waals surface area contributed by atoms with E-state index in [2.05, 4.69) is 42.4 Å². The molecule has 3 aromatic rings. The van der Waals surface area contributed by atoms with Crippen molar-refractivity contribution in [3.8, 4) is 17.2 Å². The first-order chi connectivity index (χ1) is 15.4. The molecular weight excluding hydrogens is 551 g/mol. The lowest BCUT2D eigenvalue weighted by molar-refractivity contribution is 0.0732. The lowest BCUT2D eigenvalue weighted by Crippen LogP contribution is -2.17. The van der Waals surface area contributed by atoms with Gasteiger partial charge < -0.3 is 14.2 Å². The van der Waals surface area contributed by atoms with Crippen LogP contribution in [0.5, 0.6) is 17.2 Å². The van der Waals surface area contributed by atoms with Crippen LogP contribution in [0.2, 0.25) is 0 Å². The molecule has 0 atom stereocenters. The molecule has 1 aliphatic rings. The highest BCUT2D eigenvalue weighted by Crippen LogP contribution is 2.33. The lowest BCUT2D eigenvalue weighted by atomic mass is 10.2. The number of esters is 1. The summed E-state index contributed by atoms with van der Waals surface area (Å²) < 4.78 is 30.5. The Kier molecular flexibility index (Phi) is 6.52. The van der Waals surface area contributed by atoms with Crippen molar-refractivity contribution in [1.82, 2.24) is 5.43 Å². The van der Waals surface area contributed by atoms with Gasteiger partial charge in [0.25, 0.3) is 5.91 Å². The predicted molar refractivity (Wildman–Crippen MR) is 121 cm³/mol. The predicted octanol–water partition coefficient (Wildman–Crippen LogP) is 5.06. The summed E-state index contributed by atoms with van der Waals surface area (Å²) in [5.41, 5.74) is 3.19. The maximum atomic E-state index is 13.4. The third-order valence-electron chi connectivity index (χ3n) is 4.30. The number of rotatable bonds is 5. The van der Waals surface area contributed by atoms with Gasteiger partial charge in [-0.1, -0.05) is 22.0 Å². The molecule has 4 rings (SSSR count). The van der Waals surface area contributed by atoms with Crippen LogP contribution in [0.3, 0.4) is 0 Å². The molecule has 0 aromatic heterocycles. The highest BCUT2D eigenvalue weighted by atomic mass is 79.9. The average molecular weight is 564 g/mol. The van der Waals surface area contributed by atoms with Gasteiger partial charge in [0.05, 0.1) is 16.3 Å². The number of ether oxygens (including phenoxy) is 3. The van der Waals surface area contributed by atoms with Crippen LogP contribution in [0.4, 0.5) is 4.39 Å². The number of amides is 1. The highest BCUT2D eigenvalue weighted by molar-refractivity contribution is 9.11. The van der Waals surface area contributed by atoms with Crippen LogP contribution >= 0.6 is 31.9 Å². The number of hydrazone groups is 1. The highest BCUT2D eigenvalue weighted by Gasteiger charge is 2.17. The van der Waals surface area contributed by atoms with Crippen LogP contribution in [0.25, 0.3) is 0 Å². The van der Waals surface area contributed by atoms with Gasteiger partial charge in [-0.25, -0.2) is 14.6 Å². The number of benzene rings is 3. The van der Waals surface area contributed by atoms with E-state index in [0.29, 0.717) is 31.6 Å². The Labute approximate surface area is 198 Å². The summed E-state index contributed by atoms with van der Waals surface area (Å²) in [7, 11) is 0. The molecule has 1 amide bonds. The first-order valence-corrected chi connectivity index (χ1v) is 10.7. The van der Waals surface area contributed by atoms with Gasteiger partial charge in [-0.2, -0.15) is 5.10 Å². The van der Waals surface area contributed by atoms with Crippen molar-refractivity contribution in [2.45, 2.75) is 0 Å². The average Bonchev–Trinajstić information content (AvgIpc) is 3.23. The number of halogens is 3. The molecule has 1 N–H and O–H groups in total. The van der Waals surface area contributed by atoms with Gasteiger partial charge in [0.15, 0.2) is 17.2 Å². The van der Waals surface area contributed by atoms with E-state index < -0.39 is 17.7 Å². The van der Waals surface area contributed by atoms with E-state index in [0.717, 1.165) is 6.07 Å². The second kappa shape index (κ2) is 9.49. The molecule has 0 saturated heterocycles. The molecule has 0 unspecified atom stereocenters. The number of nitrogens with zero attached hydrogens (tertiary/aromatic N) is 1. The summed E-state index contributed by atoms with van der Waals surface area (Å²) in [4.78, 5) is 24.8. The van der Waals surface area contributed by atoms with E-state index in [-0.39, 0.29) is 18.1 Å². The third kappa shape index (κ3) is 4.97. The first-order valence-electron chi connectivity index (χ1n) is 9.10. The Morgan fingerprint density at radius 3 is 2.66 bits per heavy atom. The minimum Gasteiger partial charge on any atom is -0.454 e. The lowest BCUT2D eigenvalue weighted by Gasteiger charge is -2.10. The van der Waals surface area contributed by atoms with Gasteiger partial charge in [0, 0.05) is 15.6 Å². The molecule has 1 aliphatic heterocycles. The van der Waals surface area contributed by atoms with Gasteiger partial charge in [-0.15, -0.1) is 0 Å². The second-order valence-corrected chi connectivity index (χ2v) is 8.24. The normalized spacial score (nSPS) is 12.1. The number of hydrogen-bond donors (Lipinski definition) is 1. The quantitative estimate of drug-likeness (QED) is 0.203. The van der Waals surface area contributed by atoms with Gasteiger partial charge in [-0.3, -0.25) is 4.79 Å². The van der Waals surface area contributed by atoms with Gasteiger partial charge in [0.2, 0.25) is 6.79 Å². The third-order valence-corrected chi connectivity index (χ3v) is 5.34. The minimum atomic E-state index is -0.744. The van der Waals surface area contributed by atoms with E-state index >= 15 is 0 Å². The molecule has 10 heteroatoms. The van der Waals surface area contributed by atoms with Crippen LogP contribution in [0.1, 0.15) is 26.3 Å². The topological polar surface area (TPSA) is 86.2 Å². The Balaban J connectivity index is 1.52. The molecule has 0 radical (unpaired) electrons. The molecule has 32 heavy (non-hydrogen) atoms. The number of carbonyl (C=O) groups is 2. The summed E-state index contributed by atoms with van der Waals surface area (Å²) in [5.74, 6) is -0.567. The zero-order valence-electron chi connectivity index (χ0n) is 16.1. The molecule has 0 spiro atoms. The van der Waals surface area contributed by atoms with Gasteiger partial charge in [0.1, 0.15) is 5.82 Å². The molecule has 0 aliphatic carbocycles. The number of fused-ring (bicyclic) bond motifs is 1. The van der Waals surface area contributed by atoms with E-state index in [1.165, 1.54) is 24.4 Å². The van der Waals surface area contributed by atoms with E-state index in [4.69, 9.17) is 14.2 Å². The minimum absolute atomic E-state index is 0.0545. The van der Waals surface area contributed by atoms with Crippen molar-refractivity contribution < 1.29 is 28.2 Å². The Morgan fingerprint density at radius 1 is 1.03 bits per heavy atom. The van der Waals surface area contributed by atoms with Crippen LogP contribution in [-0.4, -0.2) is 24.9 Å². The Hall–Kier alpha value is -3.24. The zero-order valence-corrected chi connectivity index (χ0v) is 19.3. The van der Waals surface area contributed by atoms with Crippen molar-refractivity contribution in [3.63, 3.8) is 0 Å². The van der Waals surface area contributed by atoms with Gasteiger partial charge >= 0.3 is 5.97 Å². The summed E-state index contributed by atoms with van der Waals surface area (Å²) in [6, 6.07) is 13.3. The van der Waals surface area contributed by atoms with Crippen LogP contribution in [0, 0.1) is 5.82 Å². The molecule has 162 valence electrons.